The molecule has 4 nitrogen and oxygen atoms in total. The van der Waals surface area contributed by atoms with E-state index in [9.17, 15) is 8.42 Å². The van der Waals surface area contributed by atoms with Gasteiger partial charge in [0.05, 0.1) is 9.88 Å². The van der Waals surface area contributed by atoms with Crippen LogP contribution >= 0.6 is 12.2 Å². The van der Waals surface area contributed by atoms with Crippen LogP contribution in [0.5, 0.6) is 0 Å². The largest absolute Gasteiger partial charge is 0.393 e. The standard InChI is InChI=1S/C15H22N2O2S2/c1-11(2)13-7-8-17(10-13)21(18,19)14-5-3-12(4-6-14)9-15(16)20/h3-6,11,13H,7-10H2,1-2H3,(H2,16,20). The Hall–Kier alpha value is -0.980. The van der Waals surface area contributed by atoms with Gasteiger partial charge in [-0.15, -0.1) is 0 Å². The van der Waals surface area contributed by atoms with E-state index in [-0.39, 0.29) is 0 Å². The highest BCUT2D eigenvalue weighted by Crippen LogP contribution is 2.28. The fourth-order valence-corrected chi connectivity index (χ4v) is 4.32. The van der Waals surface area contributed by atoms with Gasteiger partial charge >= 0.3 is 0 Å². The second-order valence-corrected chi connectivity index (χ2v) is 8.41. The van der Waals surface area contributed by atoms with E-state index < -0.39 is 10.0 Å². The summed E-state index contributed by atoms with van der Waals surface area (Å²) in [7, 11) is -3.38. The summed E-state index contributed by atoms with van der Waals surface area (Å²) in [6.45, 7) is 5.52. The van der Waals surface area contributed by atoms with Crippen LogP contribution in [0, 0.1) is 11.8 Å². The summed E-state index contributed by atoms with van der Waals surface area (Å²) in [5.41, 5.74) is 6.43. The van der Waals surface area contributed by atoms with Crippen molar-refractivity contribution in [1.29, 1.82) is 0 Å². The molecule has 0 bridgehead atoms. The van der Waals surface area contributed by atoms with E-state index in [2.05, 4.69) is 13.8 Å². The maximum Gasteiger partial charge on any atom is 0.243 e. The van der Waals surface area contributed by atoms with Gasteiger partial charge in [0.2, 0.25) is 10.0 Å². The average Bonchev–Trinajstić information content (AvgIpc) is 2.89. The van der Waals surface area contributed by atoms with Crippen LogP contribution in [0.15, 0.2) is 29.2 Å². The van der Waals surface area contributed by atoms with Crippen LogP contribution in [0.4, 0.5) is 0 Å². The summed E-state index contributed by atoms with van der Waals surface area (Å²) in [6.07, 6.45) is 1.44. The third-order valence-electron chi connectivity index (χ3n) is 4.07. The van der Waals surface area contributed by atoms with Gasteiger partial charge in [-0.1, -0.05) is 38.2 Å². The van der Waals surface area contributed by atoms with Gasteiger partial charge in [0.1, 0.15) is 0 Å². The van der Waals surface area contributed by atoms with E-state index in [0.717, 1.165) is 12.0 Å². The predicted octanol–water partition coefficient (Wildman–Crippen LogP) is 2.18. The summed E-state index contributed by atoms with van der Waals surface area (Å²) < 4.78 is 26.8. The van der Waals surface area contributed by atoms with Gasteiger partial charge < -0.3 is 5.73 Å². The van der Waals surface area contributed by atoms with Gasteiger partial charge in [-0.05, 0) is 36.0 Å². The fourth-order valence-electron chi connectivity index (χ4n) is 2.65. The Morgan fingerprint density at radius 1 is 1.38 bits per heavy atom. The molecule has 0 saturated carbocycles. The Kier molecular flexibility index (Phi) is 5.01. The number of nitrogens with zero attached hydrogens (tertiary/aromatic N) is 1. The van der Waals surface area contributed by atoms with Gasteiger partial charge in [-0.2, -0.15) is 4.31 Å². The topological polar surface area (TPSA) is 63.4 Å². The number of hydrogen-bond donors (Lipinski definition) is 1. The van der Waals surface area contributed by atoms with Gasteiger partial charge in [-0.25, -0.2) is 8.42 Å². The Morgan fingerprint density at radius 2 is 2.00 bits per heavy atom. The van der Waals surface area contributed by atoms with Crippen LogP contribution in [0.1, 0.15) is 25.8 Å². The zero-order valence-electron chi connectivity index (χ0n) is 12.5. The third kappa shape index (κ3) is 3.81. The molecule has 1 aromatic rings. The van der Waals surface area contributed by atoms with E-state index >= 15 is 0 Å². The van der Waals surface area contributed by atoms with Crippen LogP contribution in [0.2, 0.25) is 0 Å². The molecule has 2 rings (SSSR count). The molecule has 116 valence electrons. The molecule has 21 heavy (non-hydrogen) atoms. The highest BCUT2D eigenvalue weighted by Gasteiger charge is 2.33. The van der Waals surface area contributed by atoms with Crippen LogP contribution in [-0.2, 0) is 16.4 Å². The van der Waals surface area contributed by atoms with Crippen LogP contribution in [0.3, 0.4) is 0 Å². The number of nitrogens with two attached hydrogens (primary N) is 1. The van der Waals surface area contributed by atoms with Crippen LogP contribution < -0.4 is 5.73 Å². The van der Waals surface area contributed by atoms with Gasteiger partial charge in [0, 0.05) is 19.5 Å². The van der Waals surface area contributed by atoms with Crippen molar-refractivity contribution in [2.75, 3.05) is 13.1 Å². The molecule has 2 N–H and O–H groups in total. The van der Waals surface area contributed by atoms with Gasteiger partial charge in [-0.3, -0.25) is 0 Å². The monoisotopic (exact) mass is 326 g/mol. The van der Waals surface area contributed by atoms with E-state index in [1.807, 2.05) is 0 Å². The van der Waals surface area contributed by atoms with Crippen molar-refractivity contribution in [3.05, 3.63) is 29.8 Å². The van der Waals surface area contributed by atoms with Crippen LogP contribution in [0.25, 0.3) is 0 Å². The molecule has 0 aliphatic carbocycles. The van der Waals surface area contributed by atoms with Crippen molar-refractivity contribution in [3.63, 3.8) is 0 Å². The zero-order chi connectivity index (χ0) is 15.6. The smallest absolute Gasteiger partial charge is 0.243 e. The van der Waals surface area contributed by atoms with Crippen molar-refractivity contribution in [3.8, 4) is 0 Å². The van der Waals surface area contributed by atoms with Crippen molar-refractivity contribution in [2.45, 2.75) is 31.6 Å². The summed E-state index contributed by atoms with van der Waals surface area (Å²) in [5, 5.41) is 0. The Bertz CT molecular complexity index is 609. The lowest BCUT2D eigenvalue weighted by Crippen LogP contribution is -2.29. The molecule has 1 saturated heterocycles. The van der Waals surface area contributed by atoms with E-state index in [1.165, 1.54) is 0 Å². The number of thiocarbonyl (C=S) groups is 1. The Balaban J connectivity index is 2.15. The Morgan fingerprint density at radius 3 is 2.48 bits per heavy atom. The molecule has 1 atom stereocenters. The first-order valence-electron chi connectivity index (χ1n) is 7.18. The minimum Gasteiger partial charge on any atom is -0.393 e. The lowest BCUT2D eigenvalue weighted by atomic mass is 9.96. The number of benzene rings is 1. The van der Waals surface area contributed by atoms with Crippen molar-refractivity contribution in [1.82, 2.24) is 4.31 Å². The molecule has 1 aliphatic heterocycles. The molecule has 1 aliphatic rings. The summed E-state index contributed by atoms with van der Waals surface area (Å²) in [6, 6.07) is 6.85. The lowest BCUT2D eigenvalue weighted by molar-refractivity contribution is 0.388. The predicted molar refractivity (Wildman–Crippen MR) is 88.6 cm³/mol. The molecule has 0 radical (unpaired) electrons. The van der Waals surface area contributed by atoms with Gasteiger partial charge in [0.25, 0.3) is 0 Å². The highest BCUT2D eigenvalue weighted by molar-refractivity contribution is 7.89. The van der Waals surface area contributed by atoms with Crippen molar-refractivity contribution < 1.29 is 8.42 Å². The molecule has 6 heteroatoms. The van der Waals surface area contributed by atoms with Gasteiger partial charge in [0.15, 0.2) is 0 Å². The fraction of sp³-hybridized carbons (Fsp3) is 0.533. The molecule has 1 aromatic carbocycles. The van der Waals surface area contributed by atoms with E-state index in [4.69, 9.17) is 18.0 Å². The highest BCUT2D eigenvalue weighted by atomic mass is 32.2. The first kappa shape index (κ1) is 16.4. The van der Waals surface area contributed by atoms with Crippen molar-refractivity contribution >= 4 is 27.2 Å². The molecule has 1 heterocycles. The molecule has 1 fully saturated rings. The molecular weight excluding hydrogens is 304 g/mol. The maximum atomic E-state index is 12.6. The number of hydrogen-bond acceptors (Lipinski definition) is 3. The minimum atomic E-state index is -3.38. The number of rotatable bonds is 5. The number of sulfonamides is 1. The zero-order valence-corrected chi connectivity index (χ0v) is 14.1. The van der Waals surface area contributed by atoms with Crippen molar-refractivity contribution in [2.24, 2.45) is 17.6 Å². The second kappa shape index (κ2) is 6.42. The SMILES string of the molecule is CC(C)C1CCN(S(=O)(=O)c2ccc(CC(N)=S)cc2)C1. The minimum absolute atomic E-state index is 0.346. The first-order chi connectivity index (χ1) is 9.80. The summed E-state index contributed by atoms with van der Waals surface area (Å²) in [4.78, 5) is 0.753. The second-order valence-electron chi connectivity index (χ2n) is 5.94. The maximum absolute atomic E-state index is 12.6. The van der Waals surface area contributed by atoms with E-state index in [0.29, 0.717) is 41.2 Å². The molecule has 0 amide bonds. The normalized spacial score (nSPS) is 20.0. The quantitative estimate of drug-likeness (QED) is 0.843. The van der Waals surface area contributed by atoms with E-state index in [1.54, 1.807) is 28.6 Å². The summed E-state index contributed by atoms with van der Waals surface area (Å²) in [5.74, 6) is 0.965. The Labute approximate surface area is 132 Å². The third-order valence-corrected chi connectivity index (χ3v) is 6.09. The molecule has 0 aromatic heterocycles. The lowest BCUT2D eigenvalue weighted by Gasteiger charge is -2.18. The molecule has 0 spiro atoms. The average molecular weight is 326 g/mol. The first-order valence-corrected chi connectivity index (χ1v) is 9.03. The summed E-state index contributed by atoms with van der Waals surface area (Å²) >= 11 is 4.86. The molecular formula is C15H22N2O2S2. The molecule has 1 unspecified atom stereocenters. The van der Waals surface area contributed by atoms with Crippen LogP contribution in [-0.4, -0.2) is 30.8 Å².